The van der Waals surface area contributed by atoms with Gasteiger partial charge in [0.15, 0.2) is 0 Å². The number of hydrogen-bond donors (Lipinski definition) is 2. The summed E-state index contributed by atoms with van der Waals surface area (Å²) < 4.78 is 41.5. The SMILES string of the molecule is Cc1c(C(=O)NC2CCN(Cc3ccc(N4CCC(NC(=O)c5cccc(-c6cccnc6)c5)CC4)nc3)CC2)cccc1-c1ccc(OC(F)(F)F)nc1. The van der Waals surface area contributed by atoms with Gasteiger partial charge >= 0.3 is 6.36 Å². The first kappa shape index (κ1) is 37.5. The number of alkyl halides is 3. The van der Waals surface area contributed by atoms with E-state index in [1.54, 1.807) is 24.5 Å². The van der Waals surface area contributed by atoms with Gasteiger partial charge in [-0.2, -0.15) is 0 Å². The van der Waals surface area contributed by atoms with E-state index in [1.807, 2.05) is 55.6 Å². The van der Waals surface area contributed by atoms with Crippen molar-refractivity contribution in [1.82, 2.24) is 30.5 Å². The third-order valence-electron chi connectivity index (χ3n) is 10.3. The molecule has 2 N–H and O–H groups in total. The normalized spacial score (nSPS) is 15.7. The highest BCUT2D eigenvalue weighted by molar-refractivity contribution is 5.98. The van der Waals surface area contributed by atoms with Crippen molar-refractivity contribution >= 4 is 17.6 Å². The number of amides is 2. The maximum Gasteiger partial charge on any atom is 0.574 e. The van der Waals surface area contributed by atoms with Gasteiger partial charge < -0.3 is 20.3 Å². The van der Waals surface area contributed by atoms with Crippen LogP contribution in [0.15, 0.2) is 104 Å². The fourth-order valence-electron chi connectivity index (χ4n) is 7.26. The molecule has 2 amide bonds. The van der Waals surface area contributed by atoms with Crippen LogP contribution in [0.5, 0.6) is 5.88 Å². The van der Waals surface area contributed by atoms with Crippen molar-refractivity contribution < 1.29 is 27.5 Å². The predicted octanol–water partition coefficient (Wildman–Crippen LogP) is 7.21. The molecule has 55 heavy (non-hydrogen) atoms. The minimum Gasteiger partial charge on any atom is -0.388 e. The van der Waals surface area contributed by atoms with Crippen LogP contribution in [0.25, 0.3) is 22.3 Å². The number of hydrogen-bond acceptors (Lipinski definition) is 8. The molecule has 13 heteroatoms. The molecular formula is C42H42F3N7O3. The van der Waals surface area contributed by atoms with Crippen LogP contribution in [0, 0.1) is 6.92 Å². The summed E-state index contributed by atoms with van der Waals surface area (Å²) in [5.74, 6) is 0.145. The number of nitrogens with zero attached hydrogens (tertiary/aromatic N) is 5. The molecule has 7 rings (SSSR count). The molecule has 2 aliphatic rings. The van der Waals surface area contributed by atoms with Crippen molar-refractivity contribution in [3.8, 4) is 28.1 Å². The molecule has 3 aromatic heterocycles. The Labute approximate surface area is 317 Å². The van der Waals surface area contributed by atoms with Crippen LogP contribution in [0.3, 0.4) is 0 Å². The van der Waals surface area contributed by atoms with Crippen molar-refractivity contribution in [2.24, 2.45) is 0 Å². The monoisotopic (exact) mass is 749 g/mol. The first-order chi connectivity index (χ1) is 26.6. The topological polar surface area (TPSA) is 113 Å². The van der Waals surface area contributed by atoms with Crippen molar-refractivity contribution in [1.29, 1.82) is 0 Å². The minimum atomic E-state index is -4.82. The zero-order chi connectivity index (χ0) is 38.4. The third-order valence-corrected chi connectivity index (χ3v) is 10.3. The molecule has 0 radical (unpaired) electrons. The Kier molecular flexibility index (Phi) is 11.4. The molecule has 0 saturated carbocycles. The molecule has 2 saturated heterocycles. The summed E-state index contributed by atoms with van der Waals surface area (Å²) in [7, 11) is 0. The number of rotatable bonds is 10. The summed E-state index contributed by atoms with van der Waals surface area (Å²) in [6.07, 6.45) is 5.24. The Morgan fingerprint density at radius 2 is 1.49 bits per heavy atom. The Bertz CT molecular complexity index is 2080. The largest absolute Gasteiger partial charge is 0.574 e. The predicted molar refractivity (Wildman–Crippen MR) is 203 cm³/mol. The summed E-state index contributed by atoms with van der Waals surface area (Å²) in [5, 5.41) is 6.40. The fraction of sp³-hybridized carbons (Fsp3) is 0.310. The van der Waals surface area contributed by atoms with Crippen LogP contribution in [-0.2, 0) is 6.54 Å². The number of nitrogens with one attached hydrogen (secondary N) is 2. The lowest BCUT2D eigenvalue weighted by Gasteiger charge is -2.34. The summed E-state index contributed by atoms with van der Waals surface area (Å²) >= 11 is 0. The second-order valence-corrected chi connectivity index (χ2v) is 14.0. The van der Waals surface area contributed by atoms with Crippen LogP contribution < -0.4 is 20.3 Å². The Hall–Kier alpha value is -5.82. The molecule has 0 unspecified atom stereocenters. The average Bonchev–Trinajstić information content (AvgIpc) is 3.19. The van der Waals surface area contributed by atoms with Crippen LogP contribution in [-0.4, -0.2) is 76.3 Å². The number of piperidine rings is 2. The van der Waals surface area contributed by atoms with Crippen molar-refractivity contribution in [2.45, 2.75) is 57.6 Å². The number of pyridine rings is 3. The molecule has 10 nitrogen and oxygen atoms in total. The second kappa shape index (κ2) is 16.7. The minimum absolute atomic E-state index is 0.0255. The van der Waals surface area contributed by atoms with Gasteiger partial charge in [-0.05, 0) is 91.3 Å². The number of likely N-dealkylation sites (tertiary alicyclic amines) is 1. The summed E-state index contributed by atoms with van der Waals surface area (Å²) in [5.41, 5.74) is 6.23. The Morgan fingerprint density at radius 1 is 0.764 bits per heavy atom. The van der Waals surface area contributed by atoms with Gasteiger partial charge in [-0.15, -0.1) is 13.2 Å². The van der Waals surface area contributed by atoms with Gasteiger partial charge in [-0.3, -0.25) is 19.5 Å². The standard InChI is InChI=1S/C42H42F3N7O3/c1-28-36(33-11-13-39(48-26-33)55-42(43,44)45)8-3-9-37(28)41(54)50-34-14-19-51(20-15-34)27-29-10-12-38(47-24-29)52-21-16-35(17-22-52)49-40(53)31-6-2-5-30(23-31)32-7-4-18-46-25-32/h2-13,18,23-26,34-35H,14-17,19-22,27H2,1H3,(H,49,53)(H,50,54). The lowest BCUT2D eigenvalue weighted by atomic mass is 9.96. The Morgan fingerprint density at radius 3 is 2.16 bits per heavy atom. The molecule has 0 bridgehead atoms. The molecule has 0 aliphatic carbocycles. The third kappa shape index (κ3) is 9.65. The van der Waals surface area contributed by atoms with Crippen LogP contribution in [0.1, 0.15) is 57.5 Å². The van der Waals surface area contributed by atoms with E-state index in [1.165, 1.54) is 12.3 Å². The van der Waals surface area contributed by atoms with E-state index in [2.05, 4.69) is 47.3 Å². The van der Waals surface area contributed by atoms with E-state index in [9.17, 15) is 22.8 Å². The molecule has 0 spiro atoms. The zero-order valence-electron chi connectivity index (χ0n) is 30.4. The van der Waals surface area contributed by atoms with Gasteiger partial charge in [-0.1, -0.05) is 36.4 Å². The van der Waals surface area contributed by atoms with Crippen molar-refractivity contribution in [3.05, 3.63) is 126 Å². The van der Waals surface area contributed by atoms with E-state index < -0.39 is 12.2 Å². The fourth-order valence-corrected chi connectivity index (χ4v) is 7.26. The molecule has 2 aromatic carbocycles. The molecule has 2 fully saturated rings. The second-order valence-electron chi connectivity index (χ2n) is 14.0. The van der Waals surface area contributed by atoms with Gasteiger partial charge in [-0.25, -0.2) is 9.97 Å². The number of aromatic nitrogens is 3. The van der Waals surface area contributed by atoms with Gasteiger partial charge in [0.1, 0.15) is 5.82 Å². The molecule has 5 aromatic rings. The lowest BCUT2D eigenvalue weighted by molar-refractivity contribution is -0.276. The smallest absolute Gasteiger partial charge is 0.388 e. The lowest BCUT2D eigenvalue weighted by Crippen LogP contribution is -2.45. The maximum atomic E-state index is 13.3. The number of carbonyl (C=O) groups excluding carboxylic acids is 2. The van der Waals surface area contributed by atoms with Crippen LogP contribution in [0.2, 0.25) is 0 Å². The quantitative estimate of drug-likeness (QED) is 0.154. The number of anilines is 1. The molecular weight excluding hydrogens is 708 g/mol. The summed E-state index contributed by atoms with van der Waals surface area (Å²) in [4.78, 5) is 43.8. The molecule has 0 atom stereocenters. The number of ether oxygens (including phenoxy) is 1. The highest BCUT2D eigenvalue weighted by Crippen LogP contribution is 2.29. The van der Waals surface area contributed by atoms with Gasteiger partial charge in [0, 0.05) is 97.9 Å². The number of halogens is 3. The highest BCUT2D eigenvalue weighted by Gasteiger charge is 2.32. The van der Waals surface area contributed by atoms with E-state index in [4.69, 9.17) is 4.98 Å². The van der Waals surface area contributed by atoms with E-state index in [-0.39, 0.29) is 23.9 Å². The number of carbonyl (C=O) groups is 2. The molecule has 284 valence electrons. The van der Waals surface area contributed by atoms with E-state index in [0.29, 0.717) is 22.3 Å². The van der Waals surface area contributed by atoms with E-state index >= 15 is 0 Å². The Balaban J connectivity index is 0.848. The van der Waals surface area contributed by atoms with Crippen LogP contribution in [0.4, 0.5) is 19.0 Å². The van der Waals surface area contributed by atoms with E-state index in [0.717, 1.165) is 92.5 Å². The summed E-state index contributed by atoms with van der Waals surface area (Å²) in [6, 6.07) is 23.8. The zero-order valence-corrected chi connectivity index (χ0v) is 30.4. The van der Waals surface area contributed by atoms with Crippen molar-refractivity contribution in [2.75, 3.05) is 31.1 Å². The van der Waals surface area contributed by atoms with Crippen molar-refractivity contribution in [3.63, 3.8) is 0 Å². The first-order valence-electron chi connectivity index (χ1n) is 18.4. The van der Waals surface area contributed by atoms with Gasteiger partial charge in [0.25, 0.3) is 11.8 Å². The highest BCUT2D eigenvalue weighted by atomic mass is 19.4. The summed E-state index contributed by atoms with van der Waals surface area (Å²) in [6.45, 7) is 5.86. The first-order valence-corrected chi connectivity index (χ1v) is 18.4. The average molecular weight is 750 g/mol. The molecule has 5 heterocycles. The maximum absolute atomic E-state index is 13.3. The number of benzene rings is 2. The molecule has 2 aliphatic heterocycles. The van der Waals surface area contributed by atoms with Gasteiger partial charge in [0.2, 0.25) is 5.88 Å². The van der Waals surface area contributed by atoms with Gasteiger partial charge in [0.05, 0.1) is 0 Å². The van der Waals surface area contributed by atoms with Crippen LogP contribution >= 0.6 is 0 Å².